The zero-order valence-electron chi connectivity index (χ0n) is 8.90. The lowest BCUT2D eigenvalue weighted by Gasteiger charge is -2.02. The molecular formula is C10H14N4S. The first kappa shape index (κ1) is 10.3. The van der Waals surface area contributed by atoms with E-state index in [0.29, 0.717) is 0 Å². The molecule has 2 aromatic rings. The second-order valence-electron chi connectivity index (χ2n) is 3.46. The Hall–Kier alpha value is -1.20. The third-order valence-corrected chi connectivity index (χ3v) is 3.08. The summed E-state index contributed by atoms with van der Waals surface area (Å²) in [6.07, 6.45) is 5.59. The SMILES string of the molecule is Cc1cnc(CNCc2cncn2C)s1. The number of imidazole rings is 1. The van der Waals surface area contributed by atoms with Gasteiger partial charge >= 0.3 is 0 Å². The second kappa shape index (κ2) is 4.55. The molecule has 2 aromatic heterocycles. The van der Waals surface area contributed by atoms with E-state index in [1.165, 1.54) is 10.6 Å². The summed E-state index contributed by atoms with van der Waals surface area (Å²) in [7, 11) is 2.00. The van der Waals surface area contributed by atoms with Crippen LogP contribution in [0.2, 0.25) is 0 Å². The van der Waals surface area contributed by atoms with Gasteiger partial charge in [0.05, 0.1) is 12.0 Å². The standard InChI is InChI=1S/C10H14N4S/c1-8-3-13-10(15-8)6-11-4-9-5-12-7-14(9)2/h3,5,7,11H,4,6H2,1-2H3. The first-order chi connectivity index (χ1) is 7.25. The summed E-state index contributed by atoms with van der Waals surface area (Å²) in [5, 5.41) is 4.48. The molecule has 15 heavy (non-hydrogen) atoms. The Bertz CT molecular complexity index is 432. The third-order valence-electron chi connectivity index (χ3n) is 2.17. The van der Waals surface area contributed by atoms with Crippen LogP contribution in [-0.4, -0.2) is 14.5 Å². The summed E-state index contributed by atoms with van der Waals surface area (Å²) in [5.41, 5.74) is 1.18. The summed E-state index contributed by atoms with van der Waals surface area (Å²) in [5.74, 6) is 0. The van der Waals surface area contributed by atoms with Gasteiger partial charge in [0.2, 0.25) is 0 Å². The largest absolute Gasteiger partial charge is 0.337 e. The van der Waals surface area contributed by atoms with Gasteiger partial charge in [0.25, 0.3) is 0 Å². The summed E-state index contributed by atoms with van der Waals surface area (Å²) in [4.78, 5) is 9.61. The molecule has 2 rings (SSSR count). The number of aryl methyl sites for hydroxylation is 2. The molecule has 0 saturated carbocycles. The van der Waals surface area contributed by atoms with Gasteiger partial charge in [-0.1, -0.05) is 0 Å². The number of thiazole rings is 1. The molecule has 80 valence electrons. The van der Waals surface area contributed by atoms with Crippen molar-refractivity contribution >= 4 is 11.3 Å². The van der Waals surface area contributed by atoms with Crippen molar-refractivity contribution in [3.8, 4) is 0 Å². The lowest BCUT2D eigenvalue weighted by Crippen LogP contribution is -2.14. The van der Waals surface area contributed by atoms with Gasteiger partial charge < -0.3 is 9.88 Å². The molecule has 4 nitrogen and oxygen atoms in total. The lowest BCUT2D eigenvalue weighted by atomic mass is 10.4. The highest BCUT2D eigenvalue weighted by atomic mass is 32.1. The molecule has 0 aliphatic heterocycles. The molecule has 0 atom stereocenters. The number of hydrogen-bond donors (Lipinski definition) is 1. The van der Waals surface area contributed by atoms with Crippen molar-refractivity contribution in [1.29, 1.82) is 0 Å². The van der Waals surface area contributed by atoms with Crippen molar-refractivity contribution in [2.45, 2.75) is 20.0 Å². The summed E-state index contributed by atoms with van der Waals surface area (Å²) < 4.78 is 2.01. The summed E-state index contributed by atoms with van der Waals surface area (Å²) in [6.45, 7) is 3.72. The fourth-order valence-electron chi connectivity index (χ4n) is 1.34. The van der Waals surface area contributed by atoms with Crippen LogP contribution in [0.15, 0.2) is 18.7 Å². The van der Waals surface area contributed by atoms with E-state index in [1.54, 1.807) is 11.3 Å². The Labute approximate surface area is 93.0 Å². The van der Waals surface area contributed by atoms with E-state index in [4.69, 9.17) is 0 Å². The van der Waals surface area contributed by atoms with Crippen LogP contribution in [0.4, 0.5) is 0 Å². The summed E-state index contributed by atoms with van der Waals surface area (Å²) >= 11 is 1.73. The van der Waals surface area contributed by atoms with Gasteiger partial charge in [-0.15, -0.1) is 11.3 Å². The summed E-state index contributed by atoms with van der Waals surface area (Å²) in [6, 6.07) is 0. The minimum Gasteiger partial charge on any atom is -0.337 e. The van der Waals surface area contributed by atoms with Crippen LogP contribution >= 0.6 is 11.3 Å². The maximum atomic E-state index is 4.29. The normalized spacial score (nSPS) is 10.8. The van der Waals surface area contributed by atoms with Gasteiger partial charge in [-0.3, -0.25) is 0 Å². The molecular weight excluding hydrogens is 208 g/mol. The van der Waals surface area contributed by atoms with Crippen molar-refractivity contribution in [3.63, 3.8) is 0 Å². The highest BCUT2D eigenvalue weighted by molar-refractivity contribution is 7.11. The first-order valence-electron chi connectivity index (χ1n) is 4.83. The van der Waals surface area contributed by atoms with E-state index in [9.17, 15) is 0 Å². The first-order valence-corrected chi connectivity index (χ1v) is 5.64. The number of nitrogens with zero attached hydrogens (tertiary/aromatic N) is 3. The molecule has 0 radical (unpaired) electrons. The zero-order valence-corrected chi connectivity index (χ0v) is 9.71. The molecule has 0 aliphatic carbocycles. The Morgan fingerprint density at radius 1 is 1.40 bits per heavy atom. The number of nitrogens with one attached hydrogen (secondary N) is 1. The van der Waals surface area contributed by atoms with Gasteiger partial charge in [0.1, 0.15) is 5.01 Å². The predicted molar refractivity (Wildman–Crippen MR) is 60.6 cm³/mol. The molecule has 0 unspecified atom stereocenters. The lowest BCUT2D eigenvalue weighted by molar-refractivity contribution is 0.653. The van der Waals surface area contributed by atoms with E-state index >= 15 is 0 Å². The van der Waals surface area contributed by atoms with Crippen LogP contribution < -0.4 is 5.32 Å². The quantitative estimate of drug-likeness (QED) is 0.852. The predicted octanol–water partition coefficient (Wildman–Crippen LogP) is 1.47. The molecule has 2 heterocycles. The molecule has 0 saturated heterocycles. The molecule has 1 N–H and O–H groups in total. The maximum Gasteiger partial charge on any atom is 0.107 e. The minimum atomic E-state index is 0.823. The molecule has 0 aromatic carbocycles. The van der Waals surface area contributed by atoms with E-state index in [2.05, 4.69) is 22.2 Å². The monoisotopic (exact) mass is 222 g/mol. The average molecular weight is 222 g/mol. The topological polar surface area (TPSA) is 42.7 Å². The van der Waals surface area contributed by atoms with Gasteiger partial charge in [0, 0.05) is 37.4 Å². The molecule has 0 bridgehead atoms. The number of hydrogen-bond acceptors (Lipinski definition) is 4. The van der Waals surface area contributed by atoms with Crippen molar-refractivity contribution in [2.24, 2.45) is 7.05 Å². The Kier molecular flexibility index (Phi) is 3.13. The van der Waals surface area contributed by atoms with Crippen molar-refractivity contribution in [1.82, 2.24) is 19.9 Å². The van der Waals surface area contributed by atoms with Crippen LogP contribution in [0, 0.1) is 6.92 Å². The number of aromatic nitrogens is 3. The molecule has 0 spiro atoms. The van der Waals surface area contributed by atoms with Crippen LogP contribution in [0.1, 0.15) is 15.6 Å². The van der Waals surface area contributed by atoms with Gasteiger partial charge in [0.15, 0.2) is 0 Å². The molecule has 0 fully saturated rings. The average Bonchev–Trinajstić information content (AvgIpc) is 2.77. The Morgan fingerprint density at radius 3 is 2.87 bits per heavy atom. The minimum absolute atomic E-state index is 0.823. The number of rotatable bonds is 4. The van der Waals surface area contributed by atoms with Gasteiger partial charge in [-0.2, -0.15) is 0 Å². The fourth-order valence-corrected chi connectivity index (χ4v) is 2.09. The van der Waals surface area contributed by atoms with Crippen molar-refractivity contribution in [3.05, 3.63) is 34.3 Å². The molecule has 0 aliphatic rings. The second-order valence-corrected chi connectivity index (χ2v) is 4.78. The van der Waals surface area contributed by atoms with Crippen LogP contribution in [0.5, 0.6) is 0 Å². The highest BCUT2D eigenvalue weighted by Crippen LogP contribution is 2.10. The van der Waals surface area contributed by atoms with E-state index in [1.807, 2.05) is 30.3 Å². The van der Waals surface area contributed by atoms with Crippen LogP contribution in [0.25, 0.3) is 0 Å². The maximum absolute atomic E-state index is 4.29. The Balaban J connectivity index is 1.83. The fraction of sp³-hybridized carbons (Fsp3) is 0.400. The molecule has 0 amide bonds. The van der Waals surface area contributed by atoms with Gasteiger partial charge in [-0.25, -0.2) is 9.97 Å². The van der Waals surface area contributed by atoms with E-state index < -0.39 is 0 Å². The highest BCUT2D eigenvalue weighted by Gasteiger charge is 2.00. The van der Waals surface area contributed by atoms with Crippen molar-refractivity contribution < 1.29 is 0 Å². The van der Waals surface area contributed by atoms with Crippen LogP contribution in [0.3, 0.4) is 0 Å². The van der Waals surface area contributed by atoms with E-state index in [0.717, 1.165) is 18.1 Å². The van der Waals surface area contributed by atoms with E-state index in [-0.39, 0.29) is 0 Å². The molecule has 5 heteroatoms. The third kappa shape index (κ3) is 2.64. The zero-order chi connectivity index (χ0) is 10.7. The Morgan fingerprint density at radius 2 is 2.27 bits per heavy atom. The van der Waals surface area contributed by atoms with Crippen molar-refractivity contribution in [2.75, 3.05) is 0 Å². The van der Waals surface area contributed by atoms with Crippen LogP contribution in [-0.2, 0) is 20.1 Å². The smallest absolute Gasteiger partial charge is 0.107 e. The van der Waals surface area contributed by atoms with Gasteiger partial charge in [-0.05, 0) is 6.92 Å².